The zero-order valence-corrected chi connectivity index (χ0v) is 11.6. The molecule has 2 heterocycles. The SMILES string of the molecule is NC1=NC(N2CCOCC2)C(=C=O)C=[N+]1OS(=O)(=O)O.[OH-]. The van der Waals surface area contributed by atoms with Crippen LogP contribution in [0.2, 0.25) is 0 Å². The van der Waals surface area contributed by atoms with Gasteiger partial charge in [-0.05, 0) is 4.74 Å². The Morgan fingerprint density at radius 2 is 2.14 bits per heavy atom. The van der Waals surface area contributed by atoms with E-state index in [1.54, 1.807) is 5.94 Å². The predicted molar refractivity (Wildman–Crippen MR) is 67.9 cm³/mol. The molecule has 2 aliphatic rings. The zero-order valence-electron chi connectivity index (χ0n) is 10.7. The zero-order chi connectivity index (χ0) is 14.8. The summed E-state index contributed by atoms with van der Waals surface area (Å²) in [5, 5.41) is 0. The maximum absolute atomic E-state index is 11.0. The fourth-order valence-electron chi connectivity index (χ4n) is 1.85. The second-order valence-electron chi connectivity index (χ2n) is 4.02. The third-order valence-electron chi connectivity index (χ3n) is 2.70. The number of rotatable bonds is 3. The van der Waals surface area contributed by atoms with Crippen LogP contribution < -0.4 is 5.73 Å². The van der Waals surface area contributed by atoms with Crippen molar-refractivity contribution in [1.29, 1.82) is 0 Å². The lowest BCUT2D eigenvalue weighted by Crippen LogP contribution is -2.48. The van der Waals surface area contributed by atoms with Crippen LogP contribution >= 0.6 is 0 Å². The number of carbonyl (C=O) groups excluding carboxylic acids is 1. The minimum absolute atomic E-state index is 0. The highest BCUT2D eigenvalue weighted by Crippen LogP contribution is 2.14. The summed E-state index contributed by atoms with van der Waals surface area (Å²) in [6.07, 6.45) is 0.334. The molecule has 0 aromatic heterocycles. The molecule has 1 fully saturated rings. The monoisotopic (exact) mass is 322 g/mol. The fourth-order valence-corrected chi connectivity index (χ4v) is 2.17. The fraction of sp³-hybridized carbons (Fsp3) is 0.556. The van der Waals surface area contributed by atoms with Crippen molar-refractivity contribution in [2.75, 3.05) is 26.3 Å². The Balaban J connectivity index is 0.00000220. The molecule has 2 aliphatic heterocycles. The Labute approximate surface area is 120 Å². The van der Waals surface area contributed by atoms with Crippen molar-refractivity contribution in [3.63, 3.8) is 0 Å². The normalized spacial score (nSPS) is 23.5. The van der Waals surface area contributed by atoms with E-state index in [2.05, 4.69) is 9.28 Å². The molecule has 0 spiro atoms. The van der Waals surface area contributed by atoms with Crippen LogP contribution in [0.4, 0.5) is 0 Å². The van der Waals surface area contributed by atoms with Gasteiger partial charge in [-0.15, -0.1) is 0 Å². The van der Waals surface area contributed by atoms with Crippen molar-refractivity contribution in [3.05, 3.63) is 5.57 Å². The summed E-state index contributed by atoms with van der Waals surface area (Å²) in [6, 6.07) is 0. The number of ether oxygens (including phenoxy) is 1. The van der Waals surface area contributed by atoms with Gasteiger partial charge in [0.25, 0.3) is 0 Å². The lowest BCUT2D eigenvalue weighted by Gasteiger charge is -2.30. The van der Waals surface area contributed by atoms with Crippen molar-refractivity contribution in [2.45, 2.75) is 6.17 Å². The standard InChI is InChI=1S/C9H12N4O6S.H2O/c10-9-11-8(12-1-3-18-4-2-12)7(6-14)5-13(9)19-20(15,16)17;/h5,8H,1-4H2,(H2-,10,11,15,16,17);1H2. The largest absolute Gasteiger partial charge is 0.870 e. The number of hydrogen-bond acceptors (Lipinski definition) is 9. The van der Waals surface area contributed by atoms with E-state index in [4.69, 9.17) is 15.0 Å². The van der Waals surface area contributed by atoms with Crippen LogP contribution in [0.5, 0.6) is 0 Å². The molecule has 0 aromatic rings. The van der Waals surface area contributed by atoms with Gasteiger partial charge in [-0.1, -0.05) is 4.99 Å². The topological polar surface area (TPSA) is 165 Å². The van der Waals surface area contributed by atoms with Crippen LogP contribution in [0.25, 0.3) is 0 Å². The average molecular weight is 322 g/mol. The molecule has 4 N–H and O–H groups in total. The minimum Gasteiger partial charge on any atom is -0.870 e. The summed E-state index contributed by atoms with van der Waals surface area (Å²) in [5.41, 5.74) is 5.58. The van der Waals surface area contributed by atoms with Crippen LogP contribution in [-0.2, 0) is 24.2 Å². The summed E-state index contributed by atoms with van der Waals surface area (Å²) >= 11 is 0. The second kappa shape index (κ2) is 6.76. The Morgan fingerprint density at radius 3 is 2.67 bits per heavy atom. The summed E-state index contributed by atoms with van der Waals surface area (Å²) in [6.45, 7) is 2.06. The first-order chi connectivity index (χ1) is 9.40. The second-order valence-corrected chi connectivity index (χ2v) is 5.03. The number of hydroxylamine groups is 1. The van der Waals surface area contributed by atoms with Gasteiger partial charge < -0.3 is 10.2 Å². The first kappa shape index (κ1) is 17.2. The highest BCUT2D eigenvalue weighted by molar-refractivity contribution is 7.80. The average Bonchev–Trinajstić information content (AvgIpc) is 2.40. The van der Waals surface area contributed by atoms with Crippen molar-refractivity contribution < 1.29 is 37.0 Å². The molecular weight excluding hydrogens is 308 g/mol. The van der Waals surface area contributed by atoms with Gasteiger partial charge in [-0.25, -0.2) is 9.08 Å². The smallest absolute Gasteiger partial charge is 0.476 e. The van der Waals surface area contributed by atoms with Gasteiger partial charge in [0.15, 0.2) is 0 Å². The van der Waals surface area contributed by atoms with Gasteiger partial charge in [-0.2, -0.15) is 8.42 Å². The first-order valence-electron chi connectivity index (χ1n) is 5.62. The summed E-state index contributed by atoms with van der Waals surface area (Å²) in [4.78, 5) is 16.8. The Hall–Kier alpha value is -1.82. The minimum atomic E-state index is -4.77. The van der Waals surface area contributed by atoms with Gasteiger partial charge in [-0.3, -0.25) is 15.2 Å². The van der Waals surface area contributed by atoms with E-state index < -0.39 is 16.6 Å². The molecule has 0 amide bonds. The van der Waals surface area contributed by atoms with E-state index in [1.807, 2.05) is 4.90 Å². The summed E-state index contributed by atoms with van der Waals surface area (Å²) < 4.78 is 39.7. The highest BCUT2D eigenvalue weighted by Gasteiger charge is 2.35. The number of guanidine groups is 1. The molecule has 0 radical (unpaired) electrons. The lowest BCUT2D eigenvalue weighted by atomic mass is 10.2. The van der Waals surface area contributed by atoms with Crippen LogP contribution in [0.3, 0.4) is 0 Å². The first-order valence-corrected chi connectivity index (χ1v) is 6.98. The number of nitrogens with zero attached hydrogens (tertiary/aromatic N) is 3. The van der Waals surface area contributed by atoms with Crippen molar-refractivity contribution >= 4 is 28.5 Å². The molecule has 0 aliphatic carbocycles. The Morgan fingerprint density at radius 1 is 1.52 bits per heavy atom. The maximum atomic E-state index is 11.0. The number of nitrogens with two attached hydrogens (primary N) is 1. The van der Waals surface area contributed by atoms with Crippen LogP contribution in [0, 0.1) is 0 Å². The van der Waals surface area contributed by atoms with Gasteiger partial charge in [0.2, 0.25) is 6.17 Å². The van der Waals surface area contributed by atoms with E-state index in [-0.39, 0.29) is 17.0 Å². The molecule has 0 saturated carbocycles. The third-order valence-corrected chi connectivity index (χ3v) is 3.05. The maximum Gasteiger partial charge on any atom is 0.476 e. The number of morpholine rings is 1. The number of aliphatic imine (C=N–C) groups is 1. The van der Waals surface area contributed by atoms with Crippen LogP contribution in [-0.4, -0.2) is 78.7 Å². The molecule has 11 nitrogen and oxygen atoms in total. The highest BCUT2D eigenvalue weighted by atomic mass is 32.3. The van der Waals surface area contributed by atoms with E-state index in [0.29, 0.717) is 31.0 Å². The molecule has 21 heavy (non-hydrogen) atoms. The quantitative estimate of drug-likeness (QED) is 0.321. The Bertz CT molecular complexity index is 602. The van der Waals surface area contributed by atoms with Gasteiger partial charge in [0.1, 0.15) is 17.7 Å². The van der Waals surface area contributed by atoms with Gasteiger partial charge in [0, 0.05) is 13.1 Å². The molecule has 2 rings (SSSR count). The molecule has 0 aromatic carbocycles. The molecular formula is C9H14N4O7S. The molecule has 1 saturated heterocycles. The van der Waals surface area contributed by atoms with Crippen molar-refractivity contribution in [1.82, 2.24) is 4.90 Å². The van der Waals surface area contributed by atoms with Crippen molar-refractivity contribution in [3.8, 4) is 0 Å². The van der Waals surface area contributed by atoms with Crippen LogP contribution in [0.1, 0.15) is 0 Å². The lowest BCUT2D eigenvalue weighted by molar-refractivity contribution is -0.656. The van der Waals surface area contributed by atoms with E-state index in [0.717, 1.165) is 6.21 Å². The molecule has 118 valence electrons. The molecule has 12 heteroatoms. The van der Waals surface area contributed by atoms with E-state index in [1.165, 1.54) is 0 Å². The van der Waals surface area contributed by atoms with E-state index in [9.17, 15) is 13.2 Å². The molecule has 0 bridgehead atoms. The number of hydrogen-bond donors (Lipinski definition) is 2. The summed E-state index contributed by atoms with van der Waals surface area (Å²) in [7, 11) is -4.77. The van der Waals surface area contributed by atoms with Gasteiger partial charge in [0.05, 0.1) is 13.2 Å². The van der Waals surface area contributed by atoms with Crippen LogP contribution in [0.15, 0.2) is 10.6 Å². The third kappa shape index (κ3) is 4.32. The summed E-state index contributed by atoms with van der Waals surface area (Å²) in [5.74, 6) is 1.35. The predicted octanol–water partition coefficient (Wildman–Crippen LogP) is -2.63. The molecule has 1 unspecified atom stereocenters. The van der Waals surface area contributed by atoms with Gasteiger partial charge >= 0.3 is 16.4 Å². The molecule has 1 atom stereocenters. The van der Waals surface area contributed by atoms with E-state index >= 15 is 0 Å². The van der Waals surface area contributed by atoms with Crippen molar-refractivity contribution in [2.24, 2.45) is 10.7 Å². The Kier molecular flexibility index (Phi) is 5.54.